The maximum absolute atomic E-state index is 13.3. The monoisotopic (exact) mass is 411 g/mol. The van der Waals surface area contributed by atoms with E-state index in [0.717, 1.165) is 16.3 Å². The Kier molecular flexibility index (Phi) is 4.41. The Hall–Kier alpha value is -3.43. The minimum absolute atomic E-state index is 0.0636. The number of fused-ring (bicyclic) bond motifs is 3. The highest BCUT2D eigenvalue weighted by Gasteiger charge is 2.33. The molecule has 4 aromatic carbocycles. The molecule has 1 N–H and O–H groups in total. The Morgan fingerprint density at radius 2 is 1.37 bits per heavy atom. The van der Waals surface area contributed by atoms with Gasteiger partial charge in [-0.1, -0.05) is 78.3 Å². The fraction of sp³-hybridized carbons (Fsp3) is 0.0769. The van der Waals surface area contributed by atoms with E-state index in [1.807, 2.05) is 24.3 Å². The van der Waals surface area contributed by atoms with Crippen LogP contribution < -0.4 is 5.32 Å². The van der Waals surface area contributed by atoms with Gasteiger partial charge in [0.25, 0.3) is 0 Å². The summed E-state index contributed by atoms with van der Waals surface area (Å²) >= 11 is 6.24. The molecule has 0 aromatic heterocycles. The summed E-state index contributed by atoms with van der Waals surface area (Å²) in [7, 11) is 0. The van der Waals surface area contributed by atoms with Crippen LogP contribution >= 0.6 is 11.6 Å². The van der Waals surface area contributed by atoms with Gasteiger partial charge in [0.05, 0.1) is 16.1 Å². The SMILES string of the molecule is CC(Nc1cccc2c1C(=O)c1cccc(Cl)c1C2=O)c1cccc2ccccc12. The van der Waals surface area contributed by atoms with E-state index in [2.05, 4.69) is 36.5 Å². The number of halogens is 1. The molecule has 146 valence electrons. The number of nitrogens with one attached hydrogen (secondary N) is 1. The first-order chi connectivity index (χ1) is 14.6. The van der Waals surface area contributed by atoms with Crippen molar-refractivity contribution in [3.8, 4) is 0 Å². The standard InChI is InChI=1S/C26H18ClNO2/c1-15(17-10-4-8-16-7-2-3-9-18(16)17)28-22-14-6-12-20-24(22)26(30)19-11-5-13-21(27)23(19)25(20)29/h2-15,28H,1H3. The normalized spacial score (nSPS) is 13.7. The zero-order chi connectivity index (χ0) is 20.8. The number of carbonyl (C=O) groups is 2. The molecule has 0 saturated heterocycles. The molecule has 0 bridgehead atoms. The fourth-order valence-corrected chi connectivity index (χ4v) is 4.52. The van der Waals surface area contributed by atoms with Crippen molar-refractivity contribution in [2.24, 2.45) is 0 Å². The third-order valence-electron chi connectivity index (χ3n) is 5.68. The van der Waals surface area contributed by atoms with Crippen LogP contribution in [0.25, 0.3) is 10.8 Å². The van der Waals surface area contributed by atoms with E-state index < -0.39 is 0 Å². The fourth-order valence-electron chi connectivity index (χ4n) is 4.26. The summed E-state index contributed by atoms with van der Waals surface area (Å²) in [6.07, 6.45) is 0. The highest BCUT2D eigenvalue weighted by Crippen LogP contribution is 2.36. The van der Waals surface area contributed by atoms with Gasteiger partial charge in [0.2, 0.25) is 0 Å². The summed E-state index contributed by atoms with van der Waals surface area (Å²) in [6.45, 7) is 2.06. The van der Waals surface area contributed by atoms with Crippen LogP contribution in [0.3, 0.4) is 0 Å². The van der Waals surface area contributed by atoms with Crippen molar-refractivity contribution in [1.29, 1.82) is 0 Å². The van der Waals surface area contributed by atoms with E-state index in [1.165, 1.54) is 0 Å². The van der Waals surface area contributed by atoms with Crippen LogP contribution in [-0.4, -0.2) is 11.6 Å². The Balaban J connectivity index is 1.59. The molecule has 0 saturated carbocycles. The van der Waals surface area contributed by atoms with E-state index in [1.54, 1.807) is 30.3 Å². The van der Waals surface area contributed by atoms with Crippen molar-refractivity contribution >= 4 is 39.6 Å². The summed E-state index contributed by atoms with van der Waals surface area (Å²) in [6, 6.07) is 24.7. The Morgan fingerprint density at radius 3 is 2.20 bits per heavy atom. The quantitative estimate of drug-likeness (QED) is 0.371. The summed E-state index contributed by atoms with van der Waals surface area (Å²) in [5.41, 5.74) is 3.21. The van der Waals surface area contributed by atoms with Crippen molar-refractivity contribution in [2.75, 3.05) is 5.32 Å². The molecule has 1 unspecified atom stereocenters. The predicted octanol–water partition coefficient (Wildman–Crippen LogP) is 6.44. The molecule has 1 aliphatic carbocycles. The van der Waals surface area contributed by atoms with Crippen molar-refractivity contribution in [1.82, 2.24) is 0 Å². The number of hydrogen-bond donors (Lipinski definition) is 1. The van der Waals surface area contributed by atoms with Crippen molar-refractivity contribution in [3.63, 3.8) is 0 Å². The van der Waals surface area contributed by atoms with E-state index in [9.17, 15) is 9.59 Å². The molecule has 30 heavy (non-hydrogen) atoms. The van der Waals surface area contributed by atoms with Gasteiger partial charge >= 0.3 is 0 Å². The third-order valence-corrected chi connectivity index (χ3v) is 6.00. The number of rotatable bonds is 3. The van der Waals surface area contributed by atoms with Crippen molar-refractivity contribution in [3.05, 3.63) is 112 Å². The van der Waals surface area contributed by atoms with Gasteiger partial charge in [0, 0.05) is 22.9 Å². The van der Waals surface area contributed by atoms with Gasteiger partial charge < -0.3 is 5.32 Å². The average molecular weight is 412 g/mol. The lowest BCUT2D eigenvalue weighted by molar-refractivity contribution is 0.0979. The predicted molar refractivity (Wildman–Crippen MR) is 121 cm³/mol. The molecule has 4 aromatic rings. The Labute approximate surface area is 179 Å². The smallest absolute Gasteiger partial charge is 0.196 e. The van der Waals surface area contributed by atoms with Gasteiger partial charge in [0.15, 0.2) is 11.6 Å². The second-order valence-electron chi connectivity index (χ2n) is 7.48. The number of carbonyl (C=O) groups excluding carboxylic acids is 2. The Bertz CT molecular complexity index is 1340. The lowest BCUT2D eigenvalue weighted by atomic mass is 9.83. The van der Waals surface area contributed by atoms with E-state index in [4.69, 9.17) is 11.6 Å². The third kappa shape index (κ3) is 2.82. The molecule has 0 heterocycles. The van der Waals surface area contributed by atoms with E-state index >= 15 is 0 Å². The first kappa shape index (κ1) is 18.6. The number of benzene rings is 4. The maximum Gasteiger partial charge on any atom is 0.196 e. The summed E-state index contributed by atoms with van der Waals surface area (Å²) in [5, 5.41) is 6.09. The van der Waals surface area contributed by atoms with Crippen LogP contribution in [0.2, 0.25) is 5.02 Å². The van der Waals surface area contributed by atoms with Crippen LogP contribution in [0, 0.1) is 0 Å². The van der Waals surface area contributed by atoms with Crippen LogP contribution in [0.4, 0.5) is 5.69 Å². The largest absolute Gasteiger partial charge is 0.378 e. The van der Waals surface area contributed by atoms with Gasteiger partial charge in [0.1, 0.15) is 0 Å². The van der Waals surface area contributed by atoms with E-state index in [-0.39, 0.29) is 23.2 Å². The van der Waals surface area contributed by atoms with Crippen LogP contribution in [-0.2, 0) is 0 Å². The minimum atomic E-state index is -0.216. The number of hydrogen-bond acceptors (Lipinski definition) is 3. The van der Waals surface area contributed by atoms with Gasteiger partial charge in [-0.05, 0) is 35.4 Å². The van der Waals surface area contributed by atoms with Gasteiger partial charge in [-0.15, -0.1) is 0 Å². The lowest BCUT2D eigenvalue weighted by Gasteiger charge is -2.24. The summed E-state index contributed by atoms with van der Waals surface area (Å²) in [5.74, 6) is -0.401. The molecule has 5 rings (SSSR count). The zero-order valence-electron chi connectivity index (χ0n) is 16.3. The molecule has 4 heteroatoms. The molecule has 1 atom stereocenters. The van der Waals surface area contributed by atoms with Gasteiger partial charge in [-0.25, -0.2) is 0 Å². The van der Waals surface area contributed by atoms with Gasteiger partial charge in [-0.2, -0.15) is 0 Å². The van der Waals surface area contributed by atoms with Crippen molar-refractivity contribution in [2.45, 2.75) is 13.0 Å². The zero-order valence-corrected chi connectivity index (χ0v) is 17.0. The van der Waals surface area contributed by atoms with Crippen LogP contribution in [0.15, 0.2) is 78.9 Å². The van der Waals surface area contributed by atoms with Crippen molar-refractivity contribution < 1.29 is 9.59 Å². The topological polar surface area (TPSA) is 46.2 Å². The highest BCUT2D eigenvalue weighted by atomic mass is 35.5. The minimum Gasteiger partial charge on any atom is -0.378 e. The second kappa shape index (κ2) is 7.12. The van der Waals surface area contributed by atoms with Gasteiger partial charge in [-0.3, -0.25) is 9.59 Å². The molecule has 0 radical (unpaired) electrons. The summed E-state index contributed by atoms with van der Waals surface area (Å²) in [4.78, 5) is 26.4. The molecule has 0 spiro atoms. The van der Waals surface area contributed by atoms with E-state index in [0.29, 0.717) is 27.4 Å². The molecular formula is C26H18ClNO2. The molecule has 0 fully saturated rings. The average Bonchev–Trinajstić information content (AvgIpc) is 2.77. The molecule has 0 amide bonds. The Morgan fingerprint density at radius 1 is 0.733 bits per heavy atom. The number of anilines is 1. The first-order valence-corrected chi connectivity index (χ1v) is 10.2. The first-order valence-electron chi connectivity index (χ1n) is 9.81. The van der Waals surface area contributed by atoms with Crippen LogP contribution in [0.1, 0.15) is 50.4 Å². The second-order valence-corrected chi connectivity index (χ2v) is 7.89. The molecule has 0 aliphatic heterocycles. The number of ketones is 2. The molecular weight excluding hydrogens is 394 g/mol. The molecule has 3 nitrogen and oxygen atoms in total. The maximum atomic E-state index is 13.3. The summed E-state index contributed by atoms with van der Waals surface area (Å²) < 4.78 is 0. The van der Waals surface area contributed by atoms with Crippen LogP contribution in [0.5, 0.6) is 0 Å². The molecule has 1 aliphatic rings. The lowest BCUT2D eigenvalue weighted by Crippen LogP contribution is -2.23. The highest BCUT2D eigenvalue weighted by molar-refractivity contribution is 6.39.